The third-order valence-corrected chi connectivity index (χ3v) is 2.86. The summed E-state index contributed by atoms with van der Waals surface area (Å²) in [6.45, 7) is 8.34. The summed E-state index contributed by atoms with van der Waals surface area (Å²) < 4.78 is 5.57. The van der Waals surface area contributed by atoms with Gasteiger partial charge in [0.2, 0.25) is 0 Å². The fourth-order valence-corrected chi connectivity index (χ4v) is 1.88. The van der Waals surface area contributed by atoms with E-state index in [4.69, 9.17) is 4.74 Å². The van der Waals surface area contributed by atoms with Gasteiger partial charge in [0.1, 0.15) is 5.75 Å². The lowest BCUT2D eigenvalue weighted by molar-refractivity contribution is 0.317. The highest BCUT2D eigenvalue weighted by Gasteiger charge is 2.05. The molecule has 0 spiro atoms. The molecule has 2 heteroatoms. The van der Waals surface area contributed by atoms with Gasteiger partial charge in [-0.05, 0) is 43.5 Å². The zero-order valence-corrected chi connectivity index (χ0v) is 11.3. The summed E-state index contributed by atoms with van der Waals surface area (Å²) in [5, 5.41) is 3.50. The van der Waals surface area contributed by atoms with Crippen molar-refractivity contribution in [2.75, 3.05) is 13.2 Å². The van der Waals surface area contributed by atoms with Gasteiger partial charge in [-0.1, -0.05) is 32.9 Å². The maximum Gasteiger partial charge on any atom is 0.119 e. The van der Waals surface area contributed by atoms with Crippen LogP contribution in [0.4, 0.5) is 0 Å². The molecule has 1 rings (SSSR count). The van der Waals surface area contributed by atoms with E-state index in [1.807, 2.05) is 0 Å². The molecule has 1 N–H and O–H groups in total. The SMILES string of the molecule is CCCOc1ccc(CC(CC)NCC)cc1. The largest absolute Gasteiger partial charge is 0.494 e. The molecule has 1 aromatic rings. The Hall–Kier alpha value is -1.02. The van der Waals surface area contributed by atoms with Gasteiger partial charge in [0.25, 0.3) is 0 Å². The second-order valence-corrected chi connectivity index (χ2v) is 4.36. The van der Waals surface area contributed by atoms with Gasteiger partial charge < -0.3 is 10.1 Å². The lowest BCUT2D eigenvalue weighted by atomic mass is 10.0. The van der Waals surface area contributed by atoms with Gasteiger partial charge in [0.05, 0.1) is 6.61 Å². The molecule has 0 heterocycles. The number of rotatable bonds is 8. The van der Waals surface area contributed by atoms with Crippen LogP contribution in [0.3, 0.4) is 0 Å². The van der Waals surface area contributed by atoms with Crippen molar-refractivity contribution < 1.29 is 4.74 Å². The predicted octanol–water partition coefficient (Wildman–Crippen LogP) is 3.41. The Kier molecular flexibility index (Phi) is 6.71. The summed E-state index contributed by atoms with van der Waals surface area (Å²) in [5.41, 5.74) is 1.38. The molecule has 0 amide bonds. The maximum atomic E-state index is 5.57. The molecule has 0 aromatic heterocycles. The molecule has 0 aliphatic rings. The third-order valence-electron chi connectivity index (χ3n) is 2.86. The normalized spacial score (nSPS) is 12.4. The van der Waals surface area contributed by atoms with Crippen molar-refractivity contribution in [2.45, 2.75) is 46.1 Å². The minimum absolute atomic E-state index is 0.586. The zero-order valence-electron chi connectivity index (χ0n) is 11.3. The predicted molar refractivity (Wildman–Crippen MR) is 73.7 cm³/mol. The number of hydrogen-bond donors (Lipinski definition) is 1. The minimum Gasteiger partial charge on any atom is -0.494 e. The molecule has 96 valence electrons. The molecule has 1 aromatic carbocycles. The monoisotopic (exact) mass is 235 g/mol. The quantitative estimate of drug-likeness (QED) is 0.745. The highest BCUT2D eigenvalue weighted by Crippen LogP contribution is 2.14. The topological polar surface area (TPSA) is 21.3 Å². The second-order valence-electron chi connectivity index (χ2n) is 4.36. The Morgan fingerprint density at radius 3 is 2.35 bits per heavy atom. The number of hydrogen-bond acceptors (Lipinski definition) is 2. The van der Waals surface area contributed by atoms with E-state index in [1.54, 1.807) is 0 Å². The highest BCUT2D eigenvalue weighted by atomic mass is 16.5. The molecule has 0 saturated heterocycles. The van der Waals surface area contributed by atoms with Crippen molar-refractivity contribution in [3.05, 3.63) is 29.8 Å². The van der Waals surface area contributed by atoms with Gasteiger partial charge in [-0.2, -0.15) is 0 Å². The van der Waals surface area contributed by atoms with E-state index in [9.17, 15) is 0 Å². The van der Waals surface area contributed by atoms with Gasteiger partial charge in [0, 0.05) is 6.04 Å². The number of nitrogens with one attached hydrogen (secondary N) is 1. The van der Waals surface area contributed by atoms with Gasteiger partial charge in [0.15, 0.2) is 0 Å². The minimum atomic E-state index is 0.586. The van der Waals surface area contributed by atoms with Crippen LogP contribution < -0.4 is 10.1 Å². The van der Waals surface area contributed by atoms with Crippen LogP contribution in [0.15, 0.2) is 24.3 Å². The van der Waals surface area contributed by atoms with Crippen molar-refractivity contribution >= 4 is 0 Å². The average Bonchev–Trinajstić information content (AvgIpc) is 2.37. The number of likely N-dealkylation sites (N-methyl/N-ethyl adjacent to an activating group) is 1. The molecule has 0 radical (unpaired) electrons. The Morgan fingerprint density at radius 1 is 1.12 bits per heavy atom. The Balaban J connectivity index is 2.49. The smallest absolute Gasteiger partial charge is 0.119 e. The molecule has 0 aliphatic carbocycles. The first-order valence-corrected chi connectivity index (χ1v) is 6.75. The fourth-order valence-electron chi connectivity index (χ4n) is 1.88. The average molecular weight is 235 g/mol. The molecule has 2 nitrogen and oxygen atoms in total. The number of benzene rings is 1. The number of ether oxygens (including phenoxy) is 1. The fraction of sp³-hybridized carbons (Fsp3) is 0.600. The molecule has 17 heavy (non-hydrogen) atoms. The van der Waals surface area contributed by atoms with E-state index in [2.05, 4.69) is 50.4 Å². The van der Waals surface area contributed by atoms with Crippen molar-refractivity contribution in [1.29, 1.82) is 0 Å². The van der Waals surface area contributed by atoms with Crippen LogP contribution in [0.2, 0.25) is 0 Å². The molecule has 1 unspecified atom stereocenters. The van der Waals surface area contributed by atoms with Crippen LogP contribution in [-0.2, 0) is 6.42 Å². The lowest BCUT2D eigenvalue weighted by Gasteiger charge is -2.15. The Morgan fingerprint density at radius 2 is 1.82 bits per heavy atom. The zero-order chi connectivity index (χ0) is 12.5. The first-order chi connectivity index (χ1) is 8.30. The van der Waals surface area contributed by atoms with Crippen LogP contribution in [0.25, 0.3) is 0 Å². The first-order valence-electron chi connectivity index (χ1n) is 6.75. The summed E-state index contributed by atoms with van der Waals surface area (Å²) in [5.74, 6) is 0.979. The summed E-state index contributed by atoms with van der Waals surface area (Å²) in [7, 11) is 0. The molecular weight excluding hydrogens is 210 g/mol. The van der Waals surface area contributed by atoms with Crippen LogP contribution in [0.1, 0.15) is 39.2 Å². The molecular formula is C15H25NO. The van der Waals surface area contributed by atoms with E-state index >= 15 is 0 Å². The molecule has 1 atom stereocenters. The van der Waals surface area contributed by atoms with E-state index in [-0.39, 0.29) is 0 Å². The van der Waals surface area contributed by atoms with E-state index in [0.717, 1.165) is 31.7 Å². The third kappa shape index (κ3) is 5.22. The van der Waals surface area contributed by atoms with E-state index < -0.39 is 0 Å². The first kappa shape index (κ1) is 14.0. The van der Waals surface area contributed by atoms with Crippen LogP contribution in [0, 0.1) is 0 Å². The lowest BCUT2D eigenvalue weighted by Crippen LogP contribution is -2.30. The Labute approximate surface area is 105 Å². The van der Waals surface area contributed by atoms with Gasteiger partial charge in [-0.25, -0.2) is 0 Å². The standard InChI is InChI=1S/C15H25NO/c1-4-11-17-15-9-7-13(8-10-15)12-14(5-2)16-6-3/h7-10,14,16H,4-6,11-12H2,1-3H3. The van der Waals surface area contributed by atoms with Crippen LogP contribution in [0.5, 0.6) is 5.75 Å². The van der Waals surface area contributed by atoms with E-state index in [1.165, 1.54) is 12.0 Å². The second kappa shape index (κ2) is 8.13. The van der Waals surface area contributed by atoms with Crippen LogP contribution in [-0.4, -0.2) is 19.2 Å². The molecule has 0 fully saturated rings. The van der Waals surface area contributed by atoms with Crippen molar-refractivity contribution in [1.82, 2.24) is 5.32 Å². The summed E-state index contributed by atoms with van der Waals surface area (Å²) in [6.07, 6.45) is 3.32. The molecule has 0 aliphatic heterocycles. The Bertz CT molecular complexity index is 294. The summed E-state index contributed by atoms with van der Waals surface area (Å²) in [4.78, 5) is 0. The van der Waals surface area contributed by atoms with Crippen molar-refractivity contribution in [3.8, 4) is 5.75 Å². The van der Waals surface area contributed by atoms with Gasteiger partial charge >= 0.3 is 0 Å². The van der Waals surface area contributed by atoms with E-state index in [0.29, 0.717) is 6.04 Å². The maximum absolute atomic E-state index is 5.57. The van der Waals surface area contributed by atoms with Crippen LogP contribution >= 0.6 is 0 Å². The van der Waals surface area contributed by atoms with Crippen molar-refractivity contribution in [2.24, 2.45) is 0 Å². The highest BCUT2D eigenvalue weighted by molar-refractivity contribution is 5.27. The van der Waals surface area contributed by atoms with Gasteiger partial charge in [-0.3, -0.25) is 0 Å². The van der Waals surface area contributed by atoms with Gasteiger partial charge in [-0.15, -0.1) is 0 Å². The summed E-state index contributed by atoms with van der Waals surface area (Å²) in [6, 6.07) is 9.07. The summed E-state index contributed by atoms with van der Waals surface area (Å²) >= 11 is 0. The molecule has 0 bridgehead atoms. The molecule has 0 saturated carbocycles. The van der Waals surface area contributed by atoms with Crippen molar-refractivity contribution in [3.63, 3.8) is 0 Å².